The van der Waals surface area contributed by atoms with Crippen LogP contribution in [0.2, 0.25) is 5.02 Å². The van der Waals surface area contributed by atoms with Crippen LogP contribution in [0.25, 0.3) is 0 Å². The molecule has 1 aromatic heterocycles. The van der Waals surface area contributed by atoms with Gasteiger partial charge in [-0.25, -0.2) is 4.98 Å². The lowest BCUT2D eigenvalue weighted by atomic mass is 10.3. The first-order valence-corrected chi connectivity index (χ1v) is 5.64. The minimum absolute atomic E-state index is 0.346. The number of hydrogen-bond donors (Lipinski definition) is 2. The van der Waals surface area contributed by atoms with Gasteiger partial charge in [-0.2, -0.15) is 5.10 Å². The number of H-pyrrole nitrogens is 1. The van der Waals surface area contributed by atoms with E-state index in [2.05, 4.69) is 15.2 Å². The molecule has 0 aliphatic carbocycles. The zero-order valence-corrected chi connectivity index (χ0v) is 9.94. The third-order valence-corrected chi connectivity index (χ3v) is 2.39. The quantitative estimate of drug-likeness (QED) is 0.846. The highest BCUT2D eigenvalue weighted by molar-refractivity contribution is 6.30. The molecule has 0 radical (unpaired) electrons. The molecule has 6 heteroatoms. The van der Waals surface area contributed by atoms with Gasteiger partial charge in [0.05, 0.1) is 0 Å². The van der Waals surface area contributed by atoms with Crippen LogP contribution in [0.4, 0.5) is 0 Å². The maximum absolute atomic E-state index is 5.77. The highest BCUT2D eigenvalue weighted by atomic mass is 35.5. The van der Waals surface area contributed by atoms with E-state index in [4.69, 9.17) is 22.1 Å². The molecule has 3 N–H and O–H groups in total. The predicted octanol–water partition coefficient (Wildman–Crippen LogP) is 1.54. The van der Waals surface area contributed by atoms with Crippen LogP contribution in [-0.4, -0.2) is 21.7 Å². The first kappa shape index (κ1) is 11.9. The lowest BCUT2D eigenvalue weighted by molar-refractivity contribution is 0.296. The molecule has 0 saturated heterocycles. The fraction of sp³-hybridized carbons (Fsp3) is 0.273. The summed E-state index contributed by atoms with van der Waals surface area (Å²) in [5, 5.41) is 7.50. The summed E-state index contributed by atoms with van der Waals surface area (Å²) in [5.74, 6) is 2.14. The molecule has 0 unspecified atom stereocenters. The molecule has 17 heavy (non-hydrogen) atoms. The van der Waals surface area contributed by atoms with Gasteiger partial charge in [-0.05, 0) is 30.8 Å². The zero-order chi connectivity index (χ0) is 12.1. The number of aromatic nitrogens is 3. The molecule has 90 valence electrons. The summed E-state index contributed by atoms with van der Waals surface area (Å²) in [6.45, 7) is 0.883. The Morgan fingerprint density at radius 2 is 2.06 bits per heavy atom. The molecule has 0 aliphatic heterocycles. The third-order valence-electron chi connectivity index (χ3n) is 2.14. The third kappa shape index (κ3) is 3.44. The highest BCUT2D eigenvalue weighted by Crippen LogP contribution is 2.16. The van der Waals surface area contributed by atoms with Crippen molar-refractivity contribution < 1.29 is 4.74 Å². The summed E-state index contributed by atoms with van der Waals surface area (Å²) >= 11 is 5.77. The Bertz CT molecular complexity index is 469. The number of nitrogens with two attached hydrogens (primary N) is 1. The van der Waals surface area contributed by atoms with Gasteiger partial charge in [-0.3, -0.25) is 5.10 Å². The number of ether oxygens (including phenoxy) is 1. The Labute approximate surface area is 104 Å². The van der Waals surface area contributed by atoms with Crippen molar-refractivity contribution in [1.82, 2.24) is 15.2 Å². The van der Waals surface area contributed by atoms with Gasteiger partial charge in [-0.15, -0.1) is 0 Å². The van der Waals surface area contributed by atoms with Crippen molar-refractivity contribution in [2.45, 2.75) is 13.0 Å². The Morgan fingerprint density at radius 3 is 2.76 bits per heavy atom. The van der Waals surface area contributed by atoms with Gasteiger partial charge >= 0.3 is 0 Å². The molecule has 0 amide bonds. The van der Waals surface area contributed by atoms with E-state index in [1.165, 1.54) is 0 Å². The minimum atomic E-state index is 0.346. The fourth-order valence-electron chi connectivity index (χ4n) is 1.32. The van der Waals surface area contributed by atoms with E-state index in [-0.39, 0.29) is 0 Å². The summed E-state index contributed by atoms with van der Waals surface area (Å²) in [6.07, 6.45) is 0.664. The topological polar surface area (TPSA) is 76.8 Å². The van der Waals surface area contributed by atoms with Crippen LogP contribution in [0.1, 0.15) is 11.6 Å². The van der Waals surface area contributed by atoms with Crippen LogP contribution in [-0.2, 0) is 13.0 Å². The monoisotopic (exact) mass is 252 g/mol. The molecular formula is C11H13ClN4O. The predicted molar refractivity (Wildman–Crippen MR) is 64.9 cm³/mol. The largest absolute Gasteiger partial charge is 0.486 e. The Kier molecular flexibility index (Phi) is 3.95. The number of aromatic amines is 1. The van der Waals surface area contributed by atoms with Crippen LogP contribution in [0.15, 0.2) is 24.3 Å². The van der Waals surface area contributed by atoms with E-state index in [0.29, 0.717) is 36.2 Å². The van der Waals surface area contributed by atoms with E-state index in [0.717, 1.165) is 5.75 Å². The van der Waals surface area contributed by atoms with E-state index in [1.54, 1.807) is 24.3 Å². The van der Waals surface area contributed by atoms with Crippen molar-refractivity contribution in [2.24, 2.45) is 5.73 Å². The van der Waals surface area contributed by atoms with Crippen LogP contribution >= 0.6 is 11.6 Å². The number of hydrogen-bond acceptors (Lipinski definition) is 4. The van der Waals surface area contributed by atoms with E-state index >= 15 is 0 Å². The van der Waals surface area contributed by atoms with Crippen LogP contribution in [0.5, 0.6) is 5.75 Å². The van der Waals surface area contributed by atoms with Crippen LogP contribution in [0.3, 0.4) is 0 Å². The normalized spacial score (nSPS) is 10.5. The highest BCUT2D eigenvalue weighted by Gasteiger charge is 2.03. The molecule has 0 bridgehead atoms. The molecule has 2 aromatic rings. The Balaban J connectivity index is 1.90. The van der Waals surface area contributed by atoms with E-state index in [9.17, 15) is 0 Å². The molecule has 0 aliphatic rings. The molecule has 5 nitrogen and oxygen atoms in total. The Morgan fingerprint density at radius 1 is 1.29 bits per heavy atom. The molecule has 0 atom stereocenters. The first-order chi connectivity index (χ1) is 8.28. The molecule has 2 rings (SSSR count). The molecule has 1 aromatic carbocycles. The van der Waals surface area contributed by atoms with E-state index in [1.807, 2.05) is 0 Å². The summed E-state index contributed by atoms with van der Waals surface area (Å²) in [7, 11) is 0. The second-order valence-corrected chi connectivity index (χ2v) is 3.92. The summed E-state index contributed by atoms with van der Waals surface area (Å²) in [6, 6.07) is 7.16. The molecular weight excluding hydrogens is 240 g/mol. The average molecular weight is 253 g/mol. The summed E-state index contributed by atoms with van der Waals surface area (Å²) in [5.41, 5.74) is 5.41. The SMILES string of the molecule is NCCc1n[nH]c(COc2ccc(Cl)cc2)n1. The van der Waals surface area contributed by atoms with E-state index < -0.39 is 0 Å². The smallest absolute Gasteiger partial charge is 0.162 e. The first-order valence-electron chi connectivity index (χ1n) is 5.26. The Hall–Kier alpha value is -1.59. The number of nitrogens with one attached hydrogen (secondary N) is 1. The van der Waals surface area contributed by atoms with Crippen molar-refractivity contribution in [3.63, 3.8) is 0 Å². The molecule has 0 spiro atoms. The average Bonchev–Trinajstić information content (AvgIpc) is 2.77. The van der Waals surface area contributed by atoms with Crippen molar-refractivity contribution >= 4 is 11.6 Å². The number of nitrogens with zero attached hydrogens (tertiary/aromatic N) is 2. The van der Waals surface area contributed by atoms with Gasteiger partial charge in [-0.1, -0.05) is 11.6 Å². The zero-order valence-electron chi connectivity index (χ0n) is 9.19. The minimum Gasteiger partial charge on any atom is -0.486 e. The lowest BCUT2D eigenvalue weighted by Crippen LogP contribution is -2.04. The van der Waals surface area contributed by atoms with Crippen LogP contribution < -0.4 is 10.5 Å². The lowest BCUT2D eigenvalue weighted by Gasteiger charge is -2.03. The van der Waals surface area contributed by atoms with Crippen molar-refractivity contribution in [3.8, 4) is 5.75 Å². The number of benzene rings is 1. The van der Waals surface area contributed by atoms with Gasteiger partial charge < -0.3 is 10.5 Å². The van der Waals surface area contributed by atoms with Crippen LogP contribution in [0, 0.1) is 0 Å². The summed E-state index contributed by atoms with van der Waals surface area (Å²) < 4.78 is 5.51. The van der Waals surface area contributed by atoms with Gasteiger partial charge in [0.15, 0.2) is 11.6 Å². The maximum atomic E-state index is 5.77. The van der Waals surface area contributed by atoms with Crippen molar-refractivity contribution in [1.29, 1.82) is 0 Å². The molecule has 0 fully saturated rings. The van der Waals surface area contributed by atoms with Crippen molar-refractivity contribution in [2.75, 3.05) is 6.54 Å². The second-order valence-electron chi connectivity index (χ2n) is 3.48. The number of halogens is 1. The van der Waals surface area contributed by atoms with Crippen molar-refractivity contribution in [3.05, 3.63) is 40.9 Å². The second kappa shape index (κ2) is 5.65. The standard InChI is InChI=1S/C11H13ClN4O/c12-8-1-3-9(4-2-8)17-7-11-14-10(5-6-13)15-16-11/h1-4H,5-7,13H2,(H,14,15,16). The molecule has 1 heterocycles. The molecule has 0 saturated carbocycles. The van der Waals surface area contributed by atoms with Gasteiger partial charge in [0.2, 0.25) is 0 Å². The fourth-order valence-corrected chi connectivity index (χ4v) is 1.45. The summed E-state index contributed by atoms with van der Waals surface area (Å²) in [4.78, 5) is 4.23. The van der Waals surface area contributed by atoms with Gasteiger partial charge in [0.25, 0.3) is 0 Å². The van der Waals surface area contributed by atoms with Gasteiger partial charge in [0.1, 0.15) is 12.4 Å². The maximum Gasteiger partial charge on any atom is 0.162 e. The number of rotatable bonds is 5. The van der Waals surface area contributed by atoms with Gasteiger partial charge in [0, 0.05) is 11.4 Å².